The number of nitrogens with one attached hydrogen (secondary N) is 1. The molecule has 0 aliphatic carbocycles. The molecule has 2 aromatic rings. The van der Waals surface area contributed by atoms with E-state index in [0.29, 0.717) is 25.2 Å². The molecule has 3 rings (SSSR count). The molecule has 0 bridgehead atoms. The van der Waals surface area contributed by atoms with E-state index in [0.717, 1.165) is 12.1 Å². The van der Waals surface area contributed by atoms with Gasteiger partial charge in [-0.3, -0.25) is 9.78 Å². The molecule has 1 aliphatic heterocycles. The highest BCUT2D eigenvalue weighted by molar-refractivity contribution is 5.92. The van der Waals surface area contributed by atoms with E-state index < -0.39 is 11.6 Å². The molecule has 1 fully saturated rings. The van der Waals surface area contributed by atoms with Gasteiger partial charge in [0.05, 0.1) is 11.6 Å². The number of nitriles is 1. The van der Waals surface area contributed by atoms with Gasteiger partial charge in [-0.2, -0.15) is 5.26 Å². The summed E-state index contributed by atoms with van der Waals surface area (Å²) in [6.07, 6.45) is 2.11. The number of halogens is 2. The second-order valence-corrected chi connectivity index (χ2v) is 5.52. The molecule has 122 valence electrons. The van der Waals surface area contributed by atoms with Crippen LogP contribution in [0, 0.1) is 23.0 Å². The summed E-state index contributed by atoms with van der Waals surface area (Å²) >= 11 is 0. The molecule has 1 N–H and O–H groups in total. The lowest BCUT2D eigenvalue weighted by molar-refractivity contribution is 0.0786. The van der Waals surface area contributed by atoms with Gasteiger partial charge in [0.1, 0.15) is 11.4 Å². The van der Waals surface area contributed by atoms with Crippen molar-refractivity contribution in [3.8, 4) is 6.07 Å². The molecule has 1 saturated heterocycles. The molecule has 1 aromatic heterocycles. The van der Waals surface area contributed by atoms with Gasteiger partial charge in [0.25, 0.3) is 5.91 Å². The fraction of sp³-hybridized carbons (Fsp3) is 0.235. The maximum absolute atomic E-state index is 13.9. The van der Waals surface area contributed by atoms with Crippen LogP contribution in [-0.4, -0.2) is 34.9 Å². The average molecular weight is 328 g/mol. The van der Waals surface area contributed by atoms with Gasteiger partial charge in [0, 0.05) is 25.3 Å². The maximum Gasteiger partial charge on any atom is 0.272 e. The lowest BCUT2D eigenvalue weighted by Gasteiger charge is -2.18. The van der Waals surface area contributed by atoms with Gasteiger partial charge in [-0.25, -0.2) is 8.78 Å². The number of carbonyl (C=O) groups is 1. The van der Waals surface area contributed by atoms with E-state index in [9.17, 15) is 13.6 Å². The first-order chi connectivity index (χ1) is 11.6. The van der Waals surface area contributed by atoms with Gasteiger partial charge in [-0.05, 0) is 30.7 Å². The first-order valence-corrected chi connectivity index (χ1v) is 7.44. The Morgan fingerprint density at radius 3 is 2.71 bits per heavy atom. The number of likely N-dealkylation sites (tertiary alicyclic amines) is 1. The van der Waals surface area contributed by atoms with Crippen molar-refractivity contribution in [3.63, 3.8) is 0 Å². The molecule has 5 nitrogen and oxygen atoms in total. The summed E-state index contributed by atoms with van der Waals surface area (Å²) in [5, 5.41) is 11.5. The van der Waals surface area contributed by atoms with Crippen LogP contribution >= 0.6 is 0 Å². The number of carbonyl (C=O) groups excluding carboxylic acids is 1. The minimum Gasteiger partial charge on any atom is -0.376 e. The van der Waals surface area contributed by atoms with Gasteiger partial charge in [0.2, 0.25) is 0 Å². The quantitative estimate of drug-likeness (QED) is 0.940. The summed E-state index contributed by atoms with van der Waals surface area (Å²) in [7, 11) is 0. The van der Waals surface area contributed by atoms with Crippen molar-refractivity contribution in [2.45, 2.75) is 12.5 Å². The lowest BCUT2D eigenvalue weighted by Crippen LogP contribution is -2.32. The minimum absolute atomic E-state index is 0.0751. The van der Waals surface area contributed by atoms with Crippen LogP contribution in [0.15, 0.2) is 36.5 Å². The van der Waals surface area contributed by atoms with Crippen LogP contribution < -0.4 is 5.32 Å². The van der Waals surface area contributed by atoms with E-state index in [1.54, 1.807) is 35.4 Å². The Labute approximate surface area is 137 Å². The van der Waals surface area contributed by atoms with E-state index in [4.69, 9.17) is 5.26 Å². The molecule has 2 heterocycles. The zero-order valence-corrected chi connectivity index (χ0v) is 12.7. The molecule has 1 atom stereocenters. The highest BCUT2D eigenvalue weighted by atomic mass is 19.1. The van der Waals surface area contributed by atoms with Crippen molar-refractivity contribution in [1.29, 1.82) is 5.26 Å². The smallest absolute Gasteiger partial charge is 0.272 e. The van der Waals surface area contributed by atoms with E-state index in [1.165, 1.54) is 0 Å². The van der Waals surface area contributed by atoms with Crippen LogP contribution in [0.3, 0.4) is 0 Å². The molecule has 24 heavy (non-hydrogen) atoms. The number of nitrogens with zero attached hydrogens (tertiary/aromatic N) is 3. The fourth-order valence-electron chi connectivity index (χ4n) is 2.69. The standard InChI is InChI=1S/C17H14F2N4O/c18-13-7-11(9-20)8-14(19)16(13)22-12-4-6-23(10-12)17(24)15-3-1-2-5-21-15/h1-3,5,7-8,12,22H,4,6,10H2. The number of rotatable bonds is 3. The molecular weight excluding hydrogens is 314 g/mol. The third-order valence-corrected chi connectivity index (χ3v) is 3.88. The summed E-state index contributed by atoms with van der Waals surface area (Å²) in [5.41, 5.74) is -0.00560. The van der Waals surface area contributed by atoms with E-state index in [2.05, 4.69) is 10.3 Å². The van der Waals surface area contributed by atoms with E-state index in [-0.39, 0.29) is 23.2 Å². The topological polar surface area (TPSA) is 69.0 Å². The first kappa shape index (κ1) is 15.9. The molecule has 7 heteroatoms. The Hall–Kier alpha value is -3.01. The number of anilines is 1. The molecule has 1 amide bonds. The number of pyridine rings is 1. The predicted octanol–water partition coefficient (Wildman–Crippen LogP) is 2.56. The van der Waals surface area contributed by atoms with Crippen molar-refractivity contribution in [3.05, 3.63) is 59.4 Å². The number of aromatic nitrogens is 1. The normalized spacial score (nSPS) is 16.7. The summed E-state index contributed by atoms with van der Waals surface area (Å²) in [5.74, 6) is -1.84. The highest BCUT2D eigenvalue weighted by Crippen LogP contribution is 2.24. The Bertz CT molecular complexity index is 781. The SMILES string of the molecule is N#Cc1cc(F)c(NC2CCN(C(=O)c3ccccn3)C2)c(F)c1. The number of hydrogen-bond donors (Lipinski definition) is 1. The first-order valence-electron chi connectivity index (χ1n) is 7.44. The average Bonchev–Trinajstić information content (AvgIpc) is 3.06. The predicted molar refractivity (Wildman–Crippen MR) is 83.2 cm³/mol. The van der Waals surface area contributed by atoms with Crippen molar-refractivity contribution in [1.82, 2.24) is 9.88 Å². The number of amides is 1. The van der Waals surface area contributed by atoms with Crippen LogP contribution in [0.5, 0.6) is 0 Å². The van der Waals surface area contributed by atoms with Gasteiger partial charge in [-0.1, -0.05) is 6.07 Å². The molecule has 0 saturated carbocycles. The Morgan fingerprint density at radius 1 is 1.33 bits per heavy atom. The summed E-state index contributed by atoms with van der Waals surface area (Å²) < 4.78 is 27.9. The van der Waals surface area contributed by atoms with Crippen LogP contribution in [-0.2, 0) is 0 Å². The van der Waals surface area contributed by atoms with Crippen molar-refractivity contribution < 1.29 is 13.6 Å². The van der Waals surface area contributed by atoms with Gasteiger partial charge >= 0.3 is 0 Å². The summed E-state index contributed by atoms with van der Waals surface area (Å²) in [6, 6.07) is 8.48. The maximum atomic E-state index is 13.9. The van der Waals surface area contributed by atoms with Crippen molar-refractivity contribution in [2.75, 3.05) is 18.4 Å². The summed E-state index contributed by atoms with van der Waals surface area (Å²) in [6.45, 7) is 0.806. The molecule has 1 unspecified atom stereocenters. The Balaban J connectivity index is 1.69. The van der Waals surface area contributed by atoms with Gasteiger partial charge in [-0.15, -0.1) is 0 Å². The third-order valence-electron chi connectivity index (χ3n) is 3.88. The highest BCUT2D eigenvalue weighted by Gasteiger charge is 2.28. The second-order valence-electron chi connectivity index (χ2n) is 5.52. The lowest BCUT2D eigenvalue weighted by atomic mass is 10.1. The van der Waals surface area contributed by atoms with Crippen molar-refractivity contribution in [2.24, 2.45) is 0 Å². The summed E-state index contributed by atoms with van der Waals surface area (Å²) in [4.78, 5) is 17.9. The Kier molecular flexibility index (Phi) is 4.38. The fourth-order valence-corrected chi connectivity index (χ4v) is 2.69. The minimum atomic E-state index is -0.818. The number of benzene rings is 1. The van der Waals surface area contributed by atoms with Gasteiger partial charge < -0.3 is 10.2 Å². The zero-order valence-electron chi connectivity index (χ0n) is 12.7. The molecular formula is C17H14F2N4O. The molecule has 1 aliphatic rings. The number of hydrogen-bond acceptors (Lipinski definition) is 4. The van der Waals surface area contributed by atoms with Crippen LogP contribution in [0.4, 0.5) is 14.5 Å². The molecule has 0 radical (unpaired) electrons. The largest absolute Gasteiger partial charge is 0.376 e. The van der Waals surface area contributed by atoms with Crippen molar-refractivity contribution >= 4 is 11.6 Å². The monoisotopic (exact) mass is 328 g/mol. The van der Waals surface area contributed by atoms with E-state index in [1.807, 2.05) is 0 Å². The van der Waals surface area contributed by atoms with Gasteiger partial charge in [0.15, 0.2) is 11.6 Å². The van der Waals surface area contributed by atoms with Crippen LogP contribution in [0.1, 0.15) is 22.5 Å². The molecule has 1 aromatic carbocycles. The Morgan fingerprint density at radius 2 is 2.08 bits per heavy atom. The van der Waals surface area contributed by atoms with Crippen LogP contribution in [0.25, 0.3) is 0 Å². The zero-order chi connectivity index (χ0) is 17.1. The third kappa shape index (κ3) is 3.18. The molecule has 0 spiro atoms. The van der Waals surface area contributed by atoms with Crippen LogP contribution in [0.2, 0.25) is 0 Å². The van der Waals surface area contributed by atoms with E-state index >= 15 is 0 Å². The second kappa shape index (κ2) is 6.62.